The van der Waals surface area contributed by atoms with Gasteiger partial charge in [-0.3, -0.25) is 4.79 Å². The third kappa shape index (κ3) is 3.74. The second kappa shape index (κ2) is 7.64. The molecule has 0 saturated carbocycles. The molecule has 2 aromatic rings. The summed E-state index contributed by atoms with van der Waals surface area (Å²) in [5.41, 5.74) is 3.44. The summed E-state index contributed by atoms with van der Waals surface area (Å²) in [6, 6.07) is 11.2. The molecule has 0 spiro atoms. The fourth-order valence-electron chi connectivity index (χ4n) is 2.46. The molecule has 2 aromatic carbocycles. The van der Waals surface area contributed by atoms with E-state index in [2.05, 4.69) is 0 Å². The van der Waals surface area contributed by atoms with Gasteiger partial charge in [0.1, 0.15) is 5.75 Å². The number of hydrogen-bond acceptors (Lipinski definition) is 5. The maximum absolute atomic E-state index is 12.3. The van der Waals surface area contributed by atoms with Gasteiger partial charge in [0.2, 0.25) is 0 Å². The lowest BCUT2D eigenvalue weighted by atomic mass is 9.93. The summed E-state index contributed by atoms with van der Waals surface area (Å²) in [4.78, 5) is 24.1. The molecule has 0 aliphatic rings. The van der Waals surface area contributed by atoms with Crippen LogP contribution in [-0.2, 0) is 20.7 Å². The second-order valence-corrected chi connectivity index (χ2v) is 5.32. The molecule has 0 saturated heterocycles. The molecule has 24 heavy (non-hydrogen) atoms. The van der Waals surface area contributed by atoms with Crippen LogP contribution in [0.2, 0.25) is 0 Å². The highest BCUT2D eigenvalue weighted by Crippen LogP contribution is 2.32. The largest absolute Gasteiger partial charge is 0.497 e. The molecule has 0 amide bonds. The van der Waals surface area contributed by atoms with Gasteiger partial charge < -0.3 is 14.2 Å². The minimum atomic E-state index is -0.507. The standard InChI is InChI=1S/C19H20O5/c1-12-5-7-13(8-6-12)16-11-15(22-2)9-14(10-17(20)23-3)18(16)19(21)24-4/h5-9,11H,10H2,1-4H3. The van der Waals surface area contributed by atoms with Gasteiger partial charge in [0, 0.05) is 5.56 Å². The Hall–Kier alpha value is -2.82. The molecule has 0 radical (unpaired) electrons. The quantitative estimate of drug-likeness (QED) is 0.789. The first-order valence-corrected chi connectivity index (χ1v) is 7.43. The lowest BCUT2D eigenvalue weighted by molar-refractivity contribution is -0.139. The minimum absolute atomic E-state index is 0.0446. The average molecular weight is 328 g/mol. The van der Waals surface area contributed by atoms with Crippen molar-refractivity contribution in [1.82, 2.24) is 0 Å². The van der Waals surface area contributed by atoms with E-state index in [1.54, 1.807) is 12.1 Å². The van der Waals surface area contributed by atoms with E-state index in [-0.39, 0.29) is 6.42 Å². The van der Waals surface area contributed by atoms with E-state index >= 15 is 0 Å². The topological polar surface area (TPSA) is 61.8 Å². The number of rotatable bonds is 5. The van der Waals surface area contributed by atoms with Crippen LogP contribution in [0.5, 0.6) is 5.75 Å². The number of carbonyl (C=O) groups is 2. The number of ether oxygens (including phenoxy) is 3. The molecular formula is C19H20O5. The van der Waals surface area contributed by atoms with E-state index in [9.17, 15) is 9.59 Å². The maximum Gasteiger partial charge on any atom is 0.338 e. The monoisotopic (exact) mass is 328 g/mol. The summed E-state index contributed by atoms with van der Waals surface area (Å²) < 4.78 is 15.0. The van der Waals surface area contributed by atoms with Crippen molar-refractivity contribution < 1.29 is 23.8 Å². The zero-order chi connectivity index (χ0) is 17.7. The van der Waals surface area contributed by atoms with Crippen molar-refractivity contribution in [1.29, 1.82) is 0 Å². The zero-order valence-electron chi connectivity index (χ0n) is 14.2. The third-order valence-electron chi connectivity index (χ3n) is 3.74. The van der Waals surface area contributed by atoms with Crippen LogP contribution >= 0.6 is 0 Å². The van der Waals surface area contributed by atoms with Crippen LogP contribution in [0.3, 0.4) is 0 Å². The van der Waals surface area contributed by atoms with Gasteiger partial charge in [-0.2, -0.15) is 0 Å². The van der Waals surface area contributed by atoms with Gasteiger partial charge in [-0.1, -0.05) is 29.8 Å². The van der Waals surface area contributed by atoms with Gasteiger partial charge in [-0.05, 0) is 30.2 Å². The van der Waals surface area contributed by atoms with Crippen LogP contribution in [0.4, 0.5) is 0 Å². The van der Waals surface area contributed by atoms with Crippen LogP contribution in [-0.4, -0.2) is 33.3 Å². The van der Waals surface area contributed by atoms with Crippen LogP contribution < -0.4 is 4.74 Å². The number of methoxy groups -OCH3 is 3. The van der Waals surface area contributed by atoms with Crippen molar-refractivity contribution in [2.24, 2.45) is 0 Å². The molecule has 5 heteroatoms. The van der Waals surface area contributed by atoms with Gasteiger partial charge >= 0.3 is 11.9 Å². The Morgan fingerprint density at radius 3 is 2.17 bits per heavy atom. The normalized spacial score (nSPS) is 10.2. The number of benzene rings is 2. The second-order valence-electron chi connectivity index (χ2n) is 5.32. The van der Waals surface area contributed by atoms with E-state index in [1.165, 1.54) is 21.3 Å². The van der Waals surface area contributed by atoms with E-state index in [4.69, 9.17) is 14.2 Å². The Labute approximate surface area is 141 Å². The van der Waals surface area contributed by atoms with E-state index in [0.717, 1.165) is 11.1 Å². The Morgan fingerprint density at radius 2 is 1.62 bits per heavy atom. The zero-order valence-corrected chi connectivity index (χ0v) is 14.2. The summed E-state index contributed by atoms with van der Waals surface area (Å²) in [5, 5.41) is 0. The van der Waals surface area contributed by atoms with Crippen LogP contribution in [0.25, 0.3) is 11.1 Å². The number of esters is 2. The average Bonchev–Trinajstić information content (AvgIpc) is 2.60. The van der Waals surface area contributed by atoms with Gasteiger partial charge in [0.25, 0.3) is 0 Å². The Bertz CT molecular complexity index is 747. The first-order valence-electron chi connectivity index (χ1n) is 7.43. The summed E-state index contributed by atoms with van der Waals surface area (Å²) in [6.07, 6.45) is -0.0446. The van der Waals surface area contributed by atoms with Crippen LogP contribution in [0, 0.1) is 6.92 Å². The lowest BCUT2D eigenvalue weighted by Crippen LogP contribution is -2.13. The van der Waals surface area contributed by atoms with Crippen molar-refractivity contribution in [3.05, 3.63) is 53.1 Å². The highest BCUT2D eigenvalue weighted by Gasteiger charge is 2.22. The molecule has 0 aliphatic carbocycles. The van der Waals surface area contributed by atoms with Crippen LogP contribution in [0.1, 0.15) is 21.5 Å². The van der Waals surface area contributed by atoms with Gasteiger partial charge in [0.15, 0.2) is 0 Å². The minimum Gasteiger partial charge on any atom is -0.497 e. The molecule has 2 rings (SSSR count). The maximum atomic E-state index is 12.3. The lowest BCUT2D eigenvalue weighted by Gasteiger charge is -2.15. The molecule has 0 N–H and O–H groups in total. The number of hydrogen-bond donors (Lipinski definition) is 0. The van der Waals surface area contributed by atoms with Crippen molar-refractivity contribution in [3.8, 4) is 16.9 Å². The van der Waals surface area contributed by atoms with E-state index < -0.39 is 11.9 Å². The molecule has 5 nitrogen and oxygen atoms in total. The smallest absolute Gasteiger partial charge is 0.338 e. The highest BCUT2D eigenvalue weighted by atomic mass is 16.5. The fourth-order valence-corrected chi connectivity index (χ4v) is 2.46. The van der Waals surface area contributed by atoms with Crippen molar-refractivity contribution >= 4 is 11.9 Å². The van der Waals surface area contributed by atoms with Gasteiger partial charge in [-0.15, -0.1) is 0 Å². The van der Waals surface area contributed by atoms with Crippen molar-refractivity contribution in [2.45, 2.75) is 13.3 Å². The number of aryl methyl sites for hydroxylation is 1. The van der Waals surface area contributed by atoms with Gasteiger partial charge in [-0.25, -0.2) is 4.79 Å². The summed E-state index contributed by atoms with van der Waals surface area (Å²) in [7, 11) is 4.16. The molecule has 0 atom stereocenters. The predicted octanol–water partition coefficient (Wildman–Crippen LogP) is 3.17. The molecular weight excluding hydrogens is 308 g/mol. The summed E-state index contributed by atoms with van der Waals surface area (Å²) >= 11 is 0. The molecule has 0 aromatic heterocycles. The number of carbonyl (C=O) groups excluding carboxylic acids is 2. The molecule has 0 heterocycles. The third-order valence-corrected chi connectivity index (χ3v) is 3.74. The predicted molar refractivity (Wildman–Crippen MR) is 90.2 cm³/mol. The summed E-state index contributed by atoms with van der Waals surface area (Å²) in [5.74, 6) is -0.396. The highest BCUT2D eigenvalue weighted by molar-refractivity contribution is 6.00. The molecule has 0 unspecified atom stereocenters. The Balaban J connectivity index is 2.70. The first kappa shape index (κ1) is 17.5. The van der Waals surface area contributed by atoms with E-state index in [0.29, 0.717) is 22.4 Å². The fraction of sp³-hybridized carbons (Fsp3) is 0.263. The van der Waals surface area contributed by atoms with Crippen LogP contribution in [0.15, 0.2) is 36.4 Å². The molecule has 126 valence electrons. The molecule has 0 aliphatic heterocycles. The summed E-state index contributed by atoms with van der Waals surface area (Å²) in [6.45, 7) is 1.99. The van der Waals surface area contributed by atoms with Crippen molar-refractivity contribution in [3.63, 3.8) is 0 Å². The first-order chi connectivity index (χ1) is 11.5. The Kier molecular flexibility index (Phi) is 5.58. The van der Waals surface area contributed by atoms with E-state index in [1.807, 2.05) is 31.2 Å². The van der Waals surface area contributed by atoms with Crippen molar-refractivity contribution in [2.75, 3.05) is 21.3 Å². The SMILES string of the molecule is COC(=O)Cc1cc(OC)cc(-c2ccc(C)cc2)c1C(=O)OC. The molecule has 0 bridgehead atoms. The molecule has 0 fully saturated rings. The Morgan fingerprint density at radius 1 is 0.958 bits per heavy atom. The van der Waals surface area contributed by atoms with Gasteiger partial charge in [0.05, 0.1) is 33.3 Å².